The molecule has 1 amide bonds. The third kappa shape index (κ3) is 6.77. The molecular weight excluding hydrogens is 430 g/mol. The van der Waals surface area contributed by atoms with E-state index in [4.69, 9.17) is 9.47 Å². The highest BCUT2D eigenvalue weighted by Crippen LogP contribution is 2.18. The van der Waals surface area contributed by atoms with Crippen LogP contribution in [0, 0.1) is 0 Å². The Morgan fingerprint density at radius 3 is 2.47 bits per heavy atom. The van der Waals surface area contributed by atoms with Crippen molar-refractivity contribution >= 4 is 15.9 Å². The number of piperidine rings is 1. The molecule has 2 aromatic rings. The molecule has 0 aliphatic carbocycles. The van der Waals surface area contributed by atoms with Crippen molar-refractivity contribution in [3.63, 3.8) is 0 Å². The number of likely N-dealkylation sites (tertiary alicyclic amines) is 1. The van der Waals surface area contributed by atoms with Crippen LogP contribution in [-0.4, -0.2) is 65.7 Å². The normalized spacial score (nSPS) is 15.4. The van der Waals surface area contributed by atoms with Gasteiger partial charge in [-0.1, -0.05) is 12.1 Å². The number of methoxy groups -OCH3 is 2. The van der Waals surface area contributed by atoms with Gasteiger partial charge < -0.3 is 14.8 Å². The molecule has 1 fully saturated rings. The summed E-state index contributed by atoms with van der Waals surface area (Å²) in [4.78, 5) is 15.1. The lowest BCUT2D eigenvalue weighted by atomic mass is 10.0. The number of nitrogens with zero attached hydrogens (tertiary/aromatic N) is 1. The Morgan fingerprint density at radius 2 is 1.81 bits per heavy atom. The van der Waals surface area contributed by atoms with Crippen molar-refractivity contribution < 1.29 is 22.7 Å². The first-order chi connectivity index (χ1) is 15.4. The summed E-state index contributed by atoms with van der Waals surface area (Å²) in [5, 5.41) is 3.07. The molecule has 3 rings (SSSR count). The minimum absolute atomic E-state index is 0.100. The molecule has 0 saturated carbocycles. The topological polar surface area (TPSA) is 97.0 Å². The Labute approximate surface area is 190 Å². The van der Waals surface area contributed by atoms with Gasteiger partial charge in [-0.2, -0.15) is 0 Å². The van der Waals surface area contributed by atoms with E-state index in [1.54, 1.807) is 7.11 Å². The molecule has 0 bridgehead atoms. The highest BCUT2D eigenvalue weighted by Gasteiger charge is 2.22. The number of hydrogen-bond donors (Lipinski definition) is 2. The summed E-state index contributed by atoms with van der Waals surface area (Å²) in [6.45, 7) is 3.13. The first-order valence-electron chi connectivity index (χ1n) is 10.7. The number of benzene rings is 2. The minimum atomic E-state index is -3.61. The summed E-state index contributed by atoms with van der Waals surface area (Å²) < 4.78 is 37.0. The molecule has 2 N–H and O–H groups in total. The summed E-state index contributed by atoms with van der Waals surface area (Å²) in [5.74, 6) is 0.668. The largest absolute Gasteiger partial charge is 0.497 e. The number of carbonyl (C=O) groups excluding carboxylic acids is 1. The van der Waals surface area contributed by atoms with Gasteiger partial charge in [-0.3, -0.25) is 9.69 Å². The molecule has 2 aromatic carbocycles. The quantitative estimate of drug-likeness (QED) is 0.526. The average Bonchev–Trinajstić information content (AvgIpc) is 2.80. The zero-order valence-corrected chi connectivity index (χ0v) is 19.4. The summed E-state index contributed by atoms with van der Waals surface area (Å²) in [6, 6.07) is 14.1. The van der Waals surface area contributed by atoms with Gasteiger partial charge in [0.25, 0.3) is 5.91 Å². The van der Waals surface area contributed by atoms with E-state index in [-0.39, 0.29) is 30.0 Å². The molecule has 32 heavy (non-hydrogen) atoms. The molecule has 1 saturated heterocycles. The van der Waals surface area contributed by atoms with Gasteiger partial charge in [0.05, 0.1) is 18.6 Å². The zero-order chi connectivity index (χ0) is 23.0. The number of rotatable bonds is 10. The van der Waals surface area contributed by atoms with Crippen LogP contribution >= 0.6 is 0 Å². The van der Waals surface area contributed by atoms with Crippen molar-refractivity contribution in [3.8, 4) is 5.75 Å². The fraction of sp³-hybridized carbons (Fsp3) is 0.435. The second-order valence-electron chi connectivity index (χ2n) is 7.79. The SMILES string of the molecule is COCCNS(=O)(=O)c1ccc(C(=O)NC2CCN(Cc3cccc(OC)c3)CC2)cc1. The van der Waals surface area contributed by atoms with Gasteiger partial charge in [0.1, 0.15) is 5.75 Å². The highest BCUT2D eigenvalue weighted by atomic mass is 32.2. The molecule has 1 heterocycles. The van der Waals surface area contributed by atoms with Gasteiger partial charge >= 0.3 is 0 Å². The van der Waals surface area contributed by atoms with Crippen LogP contribution in [0.4, 0.5) is 0 Å². The van der Waals surface area contributed by atoms with Crippen molar-refractivity contribution in [2.75, 3.05) is 40.5 Å². The molecule has 9 heteroatoms. The minimum Gasteiger partial charge on any atom is -0.497 e. The number of sulfonamides is 1. The summed E-state index contributed by atoms with van der Waals surface area (Å²) in [6.07, 6.45) is 1.73. The summed E-state index contributed by atoms with van der Waals surface area (Å²) in [5.41, 5.74) is 1.65. The molecule has 1 aliphatic rings. The van der Waals surface area contributed by atoms with Crippen LogP contribution in [0.15, 0.2) is 53.4 Å². The third-order valence-corrected chi connectivity index (χ3v) is 6.97. The molecule has 0 aromatic heterocycles. The molecule has 1 aliphatic heterocycles. The molecule has 8 nitrogen and oxygen atoms in total. The maximum Gasteiger partial charge on any atom is 0.251 e. The van der Waals surface area contributed by atoms with E-state index in [0.29, 0.717) is 5.56 Å². The van der Waals surface area contributed by atoms with Crippen LogP contribution in [0.25, 0.3) is 0 Å². The van der Waals surface area contributed by atoms with Crippen LogP contribution in [-0.2, 0) is 21.3 Å². The summed E-state index contributed by atoms with van der Waals surface area (Å²) in [7, 11) is -0.441. The van der Waals surface area contributed by atoms with Crippen molar-refractivity contribution in [3.05, 3.63) is 59.7 Å². The van der Waals surface area contributed by atoms with E-state index < -0.39 is 10.0 Å². The van der Waals surface area contributed by atoms with Crippen molar-refractivity contribution in [2.24, 2.45) is 0 Å². The number of ether oxygens (including phenoxy) is 2. The molecule has 0 atom stereocenters. The van der Waals surface area contributed by atoms with E-state index in [2.05, 4.69) is 21.0 Å². The second kappa shape index (κ2) is 11.4. The van der Waals surface area contributed by atoms with Gasteiger partial charge in [0.2, 0.25) is 10.0 Å². The fourth-order valence-electron chi connectivity index (χ4n) is 3.68. The number of carbonyl (C=O) groups is 1. The van der Waals surface area contributed by atoms with Gasteiger partial charge in [-0.15, -0.1) is 0 Å². The smallest absolute Gasteiger partial charge is 0.251 e. The Hall–Kier alpha value is -2.46. The molecular formula is C23H31N3O5S. The Balaban J connectivity index is 1.48. The van der Waals surface area contributed by atoms with Gasteiger partial charge in [0.15, 0.2) is 0 Å². The van der Waals surface area contributed by atoms with E-state index in [1.807, 2.05) is 18.2 Å². The van der Waals surface area contributed by atoms with E-state index in [1.165, 1.54) is 36.9 Å². The van der Waals surface area contributed by atoms with Crippen LogP contribution in [0.3, 0.4) is 0 Å². The fourth-order valence-corrected chi connectivity index (χ4v) is 4.69. The van der Waals surface area contributed by atoms with E-state index in [0.717, 1.165) is 38.2 Å². The van der Waals surface area contributed by atoms with E-state index >= 15 is 0 Å². The highest BCUT2D eigenvalue weighted by molar-refractivity contribution is 7.89. The van der Waals surface area contributed by atoms with E-state index in [9.17, 15) is 13.2 Å². The van der Waals surface area contributed by atoms with Crippen molar-refractivity contribution in [2.45, 2.75) is 30.3 Å². The predicted molar refractivity (Wildman–Crippen MR) is 122 cm³/mol. The second-order valence-corrected chi connectivity index (χ2v) is 9.56. The lowest BCUT2D eigenvalue weighted by Gasteiger charge is -2.32. The predicted octanol–water partition coefficient (Wildman–Crippen LogP) is 2.01. The standard InChI is InChI=1S/C23H31N3O5S/c1-30-15-12-24-32(28,29)22-8-6-19(7-9-22)23(27)25-20-10-13-26(14-11-20)17-18-4-3-5-21(16-18)31-2/h3-9,16,20,24H,10-15,17H2,1-2H3,(H,25,27). The molecule has 0 unspecified atom stereocenters. The van der Waals surface area contributed by atoms with Crippen LogP contribution in [0.1, 0.15) is 28.8 Å². The van der Waals surface area contributed by atoms with Crippen LogP contribution in [0.2, 0.25) is 0 Å². The molecule has 0 spiro atoms. The van der Waals surface area contributed by atoms with Crippen molar-refractivity contribution in [1.29, 1.82) is 0 Å². The number of amides is 1. The third-order valence-electron chi connectivity index (χ3n) is 5.49. The average molecular weight is 462 g/mol. The Bertz CT molecular complexity index is 987. The van der Waals surface area contributed by atoms with Gasteiger partial charge in [-0.25, -0.2) is 13.1 Å². The van der Waals surface area contributed by atoms with Crippen LogP contribution < -0.4 is 14.8 Å². The lowest BCUT2D eigenvalue weighted by molar-refractivity contribution is 0.0908. The molecule has 0 radical (unpaired) electrons. The first-order valence-corrected chi connectivity index (χ1v) is 12.1. The van der Waals surface area contributed by atoms with Crippen LogP contribution in [0.5, 0.6) is 5.75 Å². The Morgan fingerprint density at radius 1 is 1.09 bits per heavy atom. The zero-order valence-electron chi connectivity index (χ0n) is 18.5. The first kappa shape index (κ1) is 24.2. The maximum absolute atomic E-state index is 12.6. The van der Waals surface area contributed by atoms with Crippen molar-refractivity contribution in [1.82, 2.24) is 14.9 Å². The monoisotopic (exact) mass is 461 g/mol. The molecule has 174 valence electrons. The lowest BCUT2D eigenvalue weighted by Crippen LogP contribution is -2.44. The number of hydrogen-bond acceptors (Lipinski definition) is 6. The number of nitrogens with one attached hydrogen (secondary N) is 2. The Kier molecular flexibility index (Phi) is 8.63. The maximum atomic E-state index is 12.6. The van der Waals surface area contributed by atoms with Gasteiger partial charge in [0, 0.05) is 44.9 Å². The summed E-state index contributed by atoms with van der Waals surface area (Å²) >= 11 is 0. The van der Waals surface area contributed by atoms with Gasteiger partial charge in [-0.05, 0) is 54.8 Å².